The molecular formula is C12H23N3O2. The van der Waals surface area contributed by atoms with Crippen molar-refractivity contribution in [1.29, 1.82) is 0 Å². The van der Waals surface area contributed by atoms with Gasteiger partial charge < -0.3 is 16.0 Å². The van der Waals surface area contributed by atoms with E-state index in [-0.39, 0.29) is 24.4 Å². The highest BCUT2D eigenvalue weighted by Crippen LogP contribution is 2.38. The molecule has 1 rings (SSSR count). The lowest BCUT2D eigenvalue weighted by Gasteiger charge is -2.33. The third kappa shape index (κ3) is 2.77. The van der Waals surface area contributed by atoms with E-state index in [2.05, 4.69) is 5.32 Å². The monoisotopic (exact) mass is 241 g/mol. The Morgan fingerprint density at radius 1 is 1.53 bits per heavy atom. The molecule has 0 aliphatic heterocycles. The van der Waals surface area contributed by atoms with Crippen LogP contribution in [0.4, 0.5) is 0 Å². The highest BCUT2D eigenvalue weighted by atomic mass is 16.2. The molecule has 98 valence electrons. The van der Waals surface area contributed by atoms with E-state index in [1.165, 1.54) is 0 Å². The summed E-state index contributed by atoms with van der Waals surface area (Å²) in [4.78, 5) is 25.4. The van der Waals surface area contributed by atoms with Crippen molar-refractivity contribution in [3.8, 4) is 0 Å². The minimum Gasteiger partial charge on any atom is -0.358 e. The van der Waals surface area contributed by atoms with Crippen molar-refractivity contribution in [3.63, 3.8) is 0 Å². The maximum atomic E-state index is 12.4. The fraction of sp³-hybridized carbons (Fsp3) is 0.833. The van der Waals surface area contributed by atoms with Gasteiger partial charge in [0.15, 0.2) is 0 Å². The van der Waals surface area contributed by atoms with Crippen LogP contribution in [0, 0.1) is 5.41 Å². The highest BCUT2D eigenvalue weighted by molar-refractivity contribution is 5.88. The van der Waals surface area contributed by atoms with Crippen molar-refractivity contribution in [2.24, 2.45) is 11.1 Å². The molecule has 17 heavy (non-hydrogen) atoms. The molecule has 0 spiro atoms. The summed E-state index contributed by atoms with van der Waals surface area (Å²) in [6, 6.07) is -0.0891. The lowest BCUT2D eigenvalue weighted by molar-refractivity contribution is -0.144. The summed E-state index contributed by atoms with van der Waals surface area (Å²) in [5, 5.41) is 2.53. The molecule has 0 saturated heterocycles. The Hall–Kier alpha value is -1.10. The van der Waals surface area contributed by atoms with Crippen LogP contribution in [0.15, 0.2) is 0 Å². The lowest BCUT2D eigenvalue weighted by atomic mass is 9.83. The quantitative estimate of drug-likeness (QED) is 0.733. The van der Waals surface area contributed by atoms with Crippen LogP contribution in [-0.4, -0.2) is 42.9 Å². The number of nitrogens with one attached hydrogen (secondary N) is 1. The van der Waals surface area contributed by atoms with Gasteiger partial charge in [-0.05, 0) is 26.7 Å². The number of carbonyl (C=O) groups excluding carboxylic acids is 2. The van der Waals surface area contributed by atoms with Crippen molar-refractivity contribution < 1.29 is 9.59 Å². The van der Waals surface area contributed by atoms with E-state index >= 15 is 0 Å². The molecule has 0 aromatic rings. The molecule has 3 N–H and O–H groups in total. The second-order valence-corrected chi connectivity index (χ2v) is 4.91. The van der Waals surface area contributed by atoms with Gasteiger partial charge in [-0.25, -0.2) is 0 Å². The van der Waals surface area contributed by atoms with Crippen molar-refractivity contribution in [2.75, 3.05) is 20.1 Å². The van der Waals surface area contributed by atoms with E-state index in [0.717, 1.165) is 19.3 Å². The van der Waals surface area contributed by atoms with Crippen molar-refractivity contribution in [1.82, 2.24) is 10.2 Å². The molecule has 5 nitrogen and oxygen atoms in total. The Bertz CT molecular complexity index is 306. The van der Waals surface area contributed by atoms with Gasteiger partial charge in [0, 0.05) is 19.6 Å². The van der Waals surface area contributed by atoms with Crippen LogP contribution < -0.4 is 11.1 Å². The van der Waals surface area contributed by atoms with E-state index in [9.17, 15) is 9.59 Å². The summed E-state index contributed by atoms with van der Waals surface area (Å²) < 4.78 is 0. The van der Waals surface area contributed by atoms with Gasteiger partial charge in [-0.1, -0.05) is 6.42 Å². The number of hydrogen-bond donors (Lipinski definition) is 2. The Morgan fingerprint density at radius 2 is 2.18 bits per heavy atom. The molecule has 1 fully saturated rings. The van der Waals surface area contributed by atoms with Gasteiger partial charge in [-0.3, -0.25) is 9.59 Å². The molecule has 1 aliphatic rings. The molecule has 2 amide bonds. The summed E-state index contributed by atoms with van der Waals surface area (Å²) in [6.45, 7) is 4.45. The third-order valence-electron chi connectivity index (χ3n) is 3.80. The Labute approximate surface area is 103 Å². The SMILES string of the molecule is CCN(CC(=O)NC)C(=O)C1(C)CCCC1N. The zero-order chi connectivity index (χ0) is 13.1. The molecule has 0 bridgehead atoms. The van der Waals surface area contributed by atoms with Gasteiger partial charge >= 0.3 is 0 Å². The van der Waals surface area contributed by atoms with Crippen LogP contribution >= 0.6 is 0 Å². The molecule has 2 atom stereocenters. The molecule has 0 aromatic carbocycles. The first-order chi connectivity index (χ1) is 7.95. The zero-order valence-electron chi connectivity index (χ0n) is 11.0. The van der Waals surface area contributed by atoms with E-state index in [4.69, 9.17) is 5.73 Å². The van der Waals surface area contributed by atoms with Gasteiger partial charge in [-0.15, -0.1) is 0 Å². The smallest absolute Gasteiger partial charge is 0.239 e. The van der Waals surface area contributed by atoms with Crippen LogP contribution in [0.25, 0.3) is 0 Å². The van der Waals surface area contributed by atoms with Crippen LogP contribution in [0.3, 0.4) is 0 Å². The number of amides is 2. The maximum Gasteiger partial charge on any atom is 0.239 e. The van der Waals surface area contributed by atoms with Crippen molar-refractivity contribution in [3.05, 3.63) is 0 Å². The predicted molar refractivity (Wildman–Crippen MR) is 66.3 cm³/mol. The zero-order valence-corrected chi connectivity index (χ0v) is 11.0. The molecule has 0 aromatic heterocycles. The topological polar surface area (TPSA) is 75.4 Å². The van der Waals surface area contributed by atoms with E-state index in [0.29, 0.717) is 6.54 Å². The standard InChI is InChI=1S/C12H23N3O2/c1-4-15(8-10(16)14-3)11(17)12(2)7-5-6-9(12)13/h9H,4-8,13H2,1-3H3,(H,14,16). The fourth-order valence-corrected chi connectivity index (χ4v) is 2.40. The number of rotatable bonds is 4. The molecule has 2 unspecified atom stereocenters. The number of likely N-dealkylation sites (N-methyl/N-ethyl adjacent to an activating group) is 2. The Kier molecular flexibility index (Phi) is 4.51. The molecule has 5 heteroatoms. The lowest BCUT2D eigenvalue weighted by Crippen LogP contribution is -2.51. The largest absolute Gasteiger partial charge is 0.358 e. The van der Waals surface area contributed by atoms with E-state index in [1.807, 2.05) is 13.8 Å². The number of hydrogen-bond acceptors (Lipinski definition) is 3. The van der Waals surface area contributed by atoms with Gasteiger partial charge in [0.2, 0.25) is 11.8 Å². The predicted octanol–water partition coefficient (Wildman–Crippen LogP) is 0.0984. The first-order valence-corrected chi connectivity index (χ1v) is 6.21. The Balaban J connectivity index is 2.75. The van der Waals surface area contributed by atoms with Crippen molar-refractivity contribution >= 4 is 11.8 Å². The summed E-state index contributed by atoms with van der Waals surface area (Å²) in [5.41, 5.74) is 5.53. The van der Waals surface area contributed by atoms with Crippen LogP contribution in [0.2, 0.25) is 0 Å². The van der Waals surface area contributed by atoms with Crippen molar-refractivity contribution in [2.45, 2.75) is 39.2 Å². The van der Waals surface area contributed by atoms with Gasteiger partial charge in [0.05, 0.1) is 12.0 Å². The first-order valence-electron chi connectivity index (χ1n) is 6.21. The average Bonchev–Trinajstić information content (AvgIpc) is 2.66. The Morgan fingerprint density at radius 3 is 2.59 bits per heavy atom. The maximum absolute atomic E-state index is 12.4. The second kappa shape index (κ2) is 5.49. The average molecular weight is 241 g/mol. The van der Waals surface area contributed by atoms with Crippen LogP contribution in [-0.2, 0) is 9.59 Å². The second-order valence-electron chi connectivity index (χ2n) is 4.91. The van der Waals surface area contributed by atoms with Crippen LogP contribution in [0.1, 0.15) is 33.1 Å². The number of nitrogens with zero attached hydrogens (tertiary/aromatic N) is 1. The summed E-state index contributed by atoms with van der Waals surface area (Å²) >= 11 is 0. The minimum absolute atomic E-state index is 0.00796. The summed E-state index contributed by atoms with van der Waals surface area (Å²) in [7, 11) is 1.57. The summed E-state index contributed by atoms with van der Waals surface area (Å²) in [5.74, 6) is -0.135. The fourth-order valence-electron chi connectivity index (χ4n) is 2.40. The number of nitrogens with two attached hydrogens (primary N) is 1. The van der Waals surface area contributed by atoms with Gasteiger partial charge in [0.25, 0.3) is 0 Å². The highest BCUT2D eigenvalue weighted by Gasteiger charge is 2.44. The minimum atomic E-state index is -0.496. The number of carbonyl (C=O) groups is 2. The molecular weight excluding hydrogens is 218 g/mol. The van der Waals surface area contributed by atoms with Crippen LogP contribution in [0.5, 0.6) is 0 Å². The van der Waals surface area contributed by atoms with Gasteiger partial charge in [-0.2, -0.15) is 0 Å². The molecule has 1 saturated carbocycles. The molecule has 0 heterocycles. The van der Waals surface area contributed by atoms with Gasteiger partial charge in [0.1, 0.15) is 0 Å². The van der Waals surface area contributed by atoms with E-state index in [1.54, 1.807) is 11.9 Å². The summed E-state index contributed by atoms with van der Waals surface area (Å²) in [6.07, 6.45) is 2.69. The molecule has 0 radical (unpaired) electrons. The van der Waals surface area contributed by atoms with E-state index < -0.39 is 5.41 Å². The first kappa shape index (κ1) is 14.0. The normalized spacial score (nSPS) is 27.9. The molecule has 1 aliphatic carbocycles. The third-order valence-corrected chi connectivity index (χ3v) is 3.80.